The third kappa shape index (κ3) is 5.89. The molecule has 222 valence electrons. The van der Waals surface area contributed by atoms with Gasteiger partial charge in [-0.25, -0.2) is 13.8 Å². The Morgan fingerprint density at radius 3 is 2.67 bits per heavy atom. The Hall–Kier alpha value is -4.19. The Labute approximate surface area is 245 Å². The zero-order chi connectivity index (χ0) is 30.2. The monoisotopic (exact) mass is 602 g/mol. The summed E-state index contributed by atoms with van der Waals surface area (Å²) in [5.74, 6) is -2.76. The lowest BCUT2D eigenvalue weighted by atomic mass is 9.96. The molecular weight excluding hydrogens is 574 g/mol. The molecule has 1 saturated heterocycles. The molecule has 0 spiro atoms. The van der Waals surface area contributed by atoms with E-state index in [4.69, 9.17) is 26.2 Å². The number of aromatic nitrogens is 1. The Kier molecular flexibility index (Phi) is 8.09. The van der Waals surface area contributed by atoms with Crippen LogP contribution in [-0.2, 0) is 14.3 Å². The molecule has 13 heteroatoms. The topological polar surface area (TPSA) is 121 Å². The summed E-state index contributed by atoms with van der Waals surface area (Å²) in [5.41, 5.74) is -0.592. The second kappa shape index (κ2) is 11.6. The number of carbonyl (C=O) groups excluding carboxylic acids is 2. The normalized spacial score (nSPS) is 18.6. The number of allylic oxidation sites excluding steroid dienone is 1. The van der Waals surface area contributed by atoms with Crippen molar-refractivity contribution in [3.63, 3.8) is 0 Å². The molecule has 1 aromatic carbocycles. The summed E-state index contributed by atoms with van der Waals surface area (Å²) >= 11 is 6.24. The van der Waals surface area contributed by atoms with Gasteiger partial charge in [-0.1, -0.05) is 11.6 Å². The van der Waals surface area contributed by atoms with Gasteiger partial charge < -0.3 is 29.7 Å². The van der Waals surface area contributed by atoms with Gasteiger partial charge in [0.15, 0.2) is 17.1 Å². The second-order valence-corrected chi connectivity index (χ2v) is 11.1. The molecule has 5 rings (SSSR count). The third-order valence-corrected chi connectivity index (χ3v) is 7.52. The second-order valence-electron chi connectivity index (χ2n) is 10.7. The van der Waals surface area contributed by atoms with E-state index in [-0.39, 0.29) is 60.6 Å². The quantitative estimate of drug-likeness (QED) is 0.488. The van der Waals surface area contributed by atoms with Gasteiger partial charge in [-0.3, -0.25) is 14.4 Å². The summed E-state index contributed by atoms with van der Waals surface area (Å²) in [6, 6.07) is 4.42. The summed E-state index contributed by atoms with van der Waals surface area (Å²) in [6.07, 6.45) is 3.56. The summed E-state index contributed by atoms with van der Waals surface area (Å²) in [7, 11) is 0. The van der Waals surface area contributed by atoms with Crippen molar-refractivity contribution in [2.45, 2.75) is 44.8 Å². The average Bonchev–Trinajstić information content (AvgIpc) is 2.94. The van der Waals surface area contributed by atoms with Crippen LogP contribution in [0.15, 0.2) is 53.2 Å². The zero-order valence-corrected chi connectivity index (χ0v) is 23.7. The number of ether oxygens (including phenoxy) is 2. The Morgan fingerprint density at radius 1 is 1.24 bits per heavy atom. The van der Waals surface area contributed by atoms with Gasteiger partial charge in [0.25, 0.3) is 11.8 Å². The first-order valence-electron chi connectivity index (χ1n) is 13.4. The minimum atomic E-state index is -1.09. The predicted molar refractivity (Wildman–Crippen MR) is 147 cm³/mol. The maximum Gasteiger partial charge on any atom is 0.306 e. The number of nitrogens with one attached hydrogen (secondary N) is 1. The molecule has 0 saturated carbocycles. The highest BCUT2D eigenvalue weighted by molar-refractivity contribution is 6.30. The van der Waals surface area contributed by atoms with E-state index in [0.29, 0.717) is 36.0 Å². The number of hydrogen-bond donors (Lipinski definition) is 2. The number of carboxylic acid groups (broad SMARTS) is 1. The number of hydrogen-bond acceptors (Lipinski definition) is 7. The molecule has 0 radical (unpaired) electrons. The standard InChI is InChI=1S/C29H29ClF2N4O6/c1-29(2)28(40)36(22-12-17(30)15-34-26(22)42-29)19-5-8-35(9-6-19)27(39)25-21(32)11-16(14-33-25)20-13-18(31)3-4-23(20)41-10-7-24(37)38/h3-4,11-14,19,34H,5-10,15H2,1-2H3,(H,37,38). The van der Waals surface area contributed by atoms with Gasteiger partial charge in [0.1, 0.15) is 17.3 Å². The molecule has 3 aliphatic rings. The number of rotatable bonds is 7. The molecule has 10 nitrogen and oxygen atoms in total. The van der Waals surface area contributed by atoms with Gasteiger partial charge in [-0.05, 0) is 57.0 Å². The van der Waals surface area contributed by atoms with Gasteiger partial charge in [-0.2, -0.15) is 0 Å². The molecule has 0 atom stereocenters. The molecule has 0 bridgehead atoms. The summed E-state index contributed by atoms with van der Waals surface area (Å²) < 4.78 is 40.6. The van der Waals surface area contributed by atoms with E-state index >= 15 is 4.39 Å². The summed E-state index contributed by atoms with van der Waals surface area (Å²) in [4.78, 5) is 44.6. The Bertz CT molecular complexity index is 1500. The third-order valence-electron chi connectivity index (χ3n) is 7.28. The molecule has 2 aromatic rings. The lowest BCUT2D eigenvalue weighted by molar-refractivity contribution is -0.156. The van der Waals surface area contributed by atoms with Crippen molar-refractivity contribution in [3.05, 3.63) is 70.5 Å². The minimum Gasteiger partial charge on any atom is -0.492 e. The van der Waals surface area contributed by atoms with Gasteiger partial charge in [0.2, 0.25) is 5.88 Å². The number of likely N-dealkylation sites (tertiary alicyclic amines) is 1. The van der Waals surface area contributed by atoms with Crippen LogP contribution in [0.2, 0.25) is 0 Å². The lowest BCUT2D eigenvalue weighted by Gasteiger charge is -2.46. The fourth-order valence-electron chi connectivity index (χ4n) is 5.17. The largest absolute Gasteiger partial charge is 0.492 e. The molecule has 2 N–H and O–H groups in total. The highest BCUT2D eigenvalue weighted by Gasteiger charge is 2.46. The van der Waals surface area contributed by atoms with E-state index in [1.807, 2.05) is 0 Å². The van der Waals surface area contributed by atoms with Crippen molar-refractivity contribution in [1.29, 1.82) is 0 Å². The minimum absolute atomic E-state index is 0.156. The van der Waals surface area contributed by atoms with Crippen LogP contribution in [0.1, 0.15) is 43.6 Å². The highest BCUT2D eigenvalue weighted by atomic mass is 35.5. The number of amides is 2. The molecule has 1 aromatic heterocycles. The van der Waals surface area contributed by atoms with Crippen LogP contribution < -0.4 is 10.1 Å². The van der Waals surface area contributed by atoms with Crippen molar-refractivity contribution in [1.82, 2.24) is 20.1 Å². The van der Waals surface area contributed by atoms with Crippen LogP contribution in [0, 0.1) is 11.6 Å². The van der Waals surface area contributed by atoms with Crippen LogP contribution in [0.5, 0.6) is 5.75 Å². The van der Waals surface area contributed by atoms with E-state index in [1.165, 1.54) is 17.2 Å². The number of benzene rings is 1. The first-order valence-corrected chi connectivity index (χ1v) is 13.8. The number of aliphatic carboxylic acids is 1. The average molecular weight is 603 g/mol. The van der Waals surface area contributed by atoms with Crippen molar-refractivity contribution >= 4 is 29.4 Å². The molecule has 2 amide bonds. The van der Waals surface area contributed by atoms with Crippen LogP contribution in [0.4, 0.5) is 8.78 Å². The van der Waals surface area contributed by atoms with E-state index < -0.39 is 29.1 Å². The zero-order valence-electron chi connectivity index (χ0n) is 23.0. The number of carbonyl (C=O) groups is 3. The van der Waals surface area contributed by atoms with Crippen molar-refractivity contribution in [2.75, 3.05) is 26.2 Å². The van der Waals surface area contributed by atoms with Crippen molar-refractivity contribution < 1.29 is 37.7 Å². The highest BCUT2D eigenvalue weighted by Crippen LogP contribution is 2.36. The van der Waals surface area contributed by atoms with Crippen LogP contribution in [0.25, 0.3) is 11.1 Å². The van der Waals surface area contributed by atoms with Gasteiger partial charge in [0.05, 0.1) is 19.6 Å². The van der Waals surface area contributed by atoms with E-state index in [9.17, 15) is 18.8 Å². The molecule has 0 unspecified atom stereocenters. The summed E-state index contributed by atoms with van der Waals surface area (Å²) in [6.45, 7) is 4.13. The Balaban J connectivity index is 1.30. The van der Waals surface area contributed by atoms with E-state index in [0.717, 1.165) is 18.2 Å². The molecule has 3 aliphatic heterocycles. The van der Waals surface area contributed by atoms with Crippen LogP contribution >= 0.6 is 11.6 Å². The lowest BCUT2D eigenvalue weighted by Crippen LogP contribution is -2.58. The Morgan fingerprint density at radius 2 is 1.98 bits per heavy atom. The SMILES string of the molecule is CC1(C)OC2=C(C=C(Cl)CN2)N(C2CCN(C(=O)c3ncc(-c4cc(F)ccc4OCCC(=O)O)cc3F)CC2)C1=O. The fraction of sp³-hybridized carbons (Fsp3) is 0.379. The van der Waals surface area contributed by atoms with Gasteiger partial charge >= 0.3 is 5.97 Å². The number of dihydropyridines is 1. The maximum atomic E-state index is 15.2. The van der Waals surface area contributed by atoms with E-state index in [1.54, 1.807) is 24.8 Å². The smallest absolute Gasteiger partial charge is 0.306 e. The van der Waals surface area contributed by atoms with Crippen LogP contribution in [-0.4, -0.2) is 75.6 Å². The molecule has 1 fully saturated rings. The van der Waals surface area contributed by atoms with Crippen molar-refractivity contribution in [3.8, 4) is 16.9 Å². The van der Waals surface area contributed by atoms with Crippen LogP contribution in [0.3, 0.4) is 0 Å². The summed E-state index contributed by atoms with van der Waals surface area (Å²) in [5, 5.41) is 12.5. The fourth-order valence-corrected chi connectivity index (χ4v) is 5.34. The maximum absolute atomic E-state index is 15.2. The number of halogens is 3. The van der Waals surface area contributed by atoms with Gasteiger partial charge in [-0.15, -0.1) is 0 Å². The number of carboxylic acids is 1. The molecular formula is C29H29ClF2N4O6. The van der Waals surface area contributed by atoms with Crippen molar-refractivity contribution in [2.24, 2.45) is 0 Å². The molecule has 0 aliphatic carbocycles. The van der Waals surface area contributed by atoms with Gasteiger partial charge in [0, 0.05) is 41.5 Å². The first kappa shape index (κ1) is 29.3. The number of piperidine rings is 1. The molecule has 4 heterocycles. The number of pyridine rings is 1. The molecule has 42 heavy (non-hydrogen) atoms. The van der Waals surface area contributed by atoms with E-state index in [2.05, 4.69) is 10.3 Å². The number of nitrogens with zero attached hydrogens (tertiary/aromatic N) is 3. The predicted octanol–water partition coefficient (Wildman–Crippen LogP) is 4.02. The first-order chi connectivity index (χ1) is 19.9.